The lowest BCUT2D eigenvalue weighted by atomic mass is 9.98. The summed E-state index contributed by atoms with van der Waals surface area (Å²) in [6, 6.07) is 0. The first kappa shape index (κ1) is 13.5. The number of rotatable bonds is 6. The molecule has 1 N–H and O–H groups in total. The minimum atomic E-state index is -0.358. The molecule has 2 atom stereocenters. The first-order chi connectivity index (χ1) is 8.74. The predicted molar refractivity (Wildman–Crippen MR) is 66.0 cm³/mol. The number of aliphatic hydroxyl groups is 1. The molecule has 102 valence electrons. The molecule has 0 aromatic carbocycles. The lowest BCUT2D eigenvalue weighted by molar-refractivity contribution is 0.0902. The zero-order valence-electron chi connectivity index (χ0n) is 11.1. The SMILES string of the molecule is CCC(OC)c1noc(CC(O)C2CCCC2)n1. The van der Waals surface area contributed by atoms with Crippen LogP contribution in [0.3, 0.4) is 0 Å². The Morgan fingerprint density at radius 3 is 2.78 bits per heavy atom. The van der Waals surface area contributed by atoms with E-state index in [0.29, 0.717) is 24.1 Å². The summed E-state index contributed by atoms with van der Waals surface area (Å²) in [4.78, 5) is 4.30. The second kappa shape index (κ2) is 6.29. The summed E-state index contributed by atoms with van der Waals surface area (Å²) in [5.41, 5.74) is 0. The Morgan fingerprint density at radius 2 is 2.17 bits per heavy atom. The highest BCUT2D eigenvalue weighted by Gasteiger charge is 2.25. The Bertz CT molecular complexity index is 357. The molecule has 1 aromatic heterocycles. The minimum Gasteiger partial charge on any atom is -0.392 e. The molecule has 1 saturated carbocycles. The third-order valence-corrected chi connectivity index (χ3v) is 3.75. The van der Waals surface area contributed by atoms with Crippen molar-refractivity contribution < 1.29 is 14.4 Å². The highest BCUT2D eigenvalue weighted by molar-refractivity contribution is 4.93. The van der Waals surface area contributed by atoms with E-state index in [4.69, 9.17) is 9.26 Å². The Morgan fingerprint density at radius 1 is 1.44 bits per heavy atom. The van der Waals surface area contributed by atoms with Crippen LogP contribution < -0.4 is 0 Å². The van der Waals surface area contributed by atoms with E-state index in [9.17, 15) is 5.11 Å². The van der Waals surface area contributed by atoms with Crippen LogP contribution in [0.15, 0.2) is 4.52 Å². The molecule has 1 fully saturated rings. The van der Waals surface area contributed by atoms with E-state index in [0.717, 1.165) is 19.3 Å². The van der Waals surface area contributed by atoms with E-state index in [-0.39, 0.29) is 12.2 Å². The fourth-order valence-corrected chi connectivity index (χ4v) is 2.62. The van der Waals surface area contributed by atoms with Crippen molar-refractivity contribution in [2.45, 2.75) is 57.7 Å². The van der Waals surface area contributed by atoms with E-state index in [1.54, 1.807) is 7.11 Å². The molecule has 18 heavy (non-hydrogen) atoms. The van der Waals surface area contributed by atoms with Crippen LogP contribution >= 0.6 is 0 Å². The van der Waals surface area contributed by atoms with Crippen LogP contribution in [0, 0.1) is 5.92 Å². The predicted octanol–water partition coefficient (Wildman–Crippen LogP) is 2.26. The Hall–Kier alpha value is -0.940. The van der Waals surface area contributed by atoms with Crippen LogP contribution in [-0.2, 0) is 11.2 Å². The summed E-state index contributed by atoms with van der Waals surface area (Å²) in [7, 11) is 1.64. The minimum absolute atomic E-state index is 0.119. The number of aromatic nitrogens is 2. The lowest BCUT2D eigenvalue weighted by Gasteiger charge is -2.15. The van der Waals surface area contributed by atoms with Gasteiger partial charge in [-0.25, -0.2) is 0 Å². The van der Waals surface area contributed by atoms with E-state index >= 15 is 0 Å². The first-order valence-corrected chi connectivity index (χ1v) is 6.78. The number of aliphatic hydroxyl groups excluding tert-OH is 1. The van der Waals surface area contributed by atoms with Gasteiger partial charge < -0.3 is 14.4 Å². The van der Waals surface area contributed by atoms with Crippen LogP contribution in [0.25, 0.3) is 0 Å². The summed E-state index contributed by atoms with van der Waals surface area (Å²) >= 11 is 0. The zero-order chi connectivity index (χ0) is 13.0. The van der Waals surface area contributed by atoms with Crippen LogP contribution in [0.1, 0.15) is 56.8 Å². The molecule has 5 nitrogen and oxygen atoms in total. The molecule has 0 aliphatic heterocycles. The Kier molecular flexibility index (Phi) is 4.72. The molecule has 0 amide bonds. The van der Waals surface area contributed by atoms with Gasteiger partial charge in [-0.2, -0.15) is 4.98 Å². The fraction of sp³-hybridized carbons (Fsp3) is 0.846. The van der Waals surface area contributed by atoms with Crippen molar-refractivity contribution in [2.75, 3.05) is 7.11 Å². The van der Waals surface area contributed by atoms with Crippen molar-refractivity contribution in [1.82, 2.24) is 10.1 Å². The molecule has 1 heterocycles. The van der Waals surface area contributed by atoms with Crippen LogP contribution in [0.4, 0.5) is 0 Å². The lowest BCUT2D eigenvalue weighted by Crippen LogP contribution is -2.20. The van der Waals surface area contributed by atoms with Crippen molar-refractivity contribution in [1.29, 1.82) is 0 Å². The van der Waals surface area contributed by atoms with Gasteiger partial charge in [0.25, 0.3) is 0 Å². The molecule has 1 aliphatic carbocycles. The van der Waals surface area contributed by atoms with Gasteiger partial charge in [-0.05, 0) is 25.2 Å². The van der Waals surface area contributed by atoms with Crippen LogP contribution in [0.2, 0.25) is 0 Å². The summed E-state index contributed by atoms with van der Waals surface area (Å²) in [5.74, 6) is 1.48. The average molecular weight is 254 g/mol. The number of hydrogen-bond acceptors (Lipinski definition) is 5. The summed E-state index contributed by atoms with van der Waals surface area (Å²) in [5, 5.41) is 14.0. The molecule has 1 aliphatic rings. The van der Waals surface area contributed by atoms with Gasteiger partial charge in [0.1, 0.15) is 6.10 Å². The molecule has 2 rings (SSSR count). The smallest absolute Gasteiger partial charge is 0.229 e. The molecule has 1 aromatic rings. The maximum absolute atomic E-state index is 10.1. The van der Waals surface area contributed by atoms with Gasteiger partial charge in [0.15, 0.2) is 0 Å². The quantitative estimate of drug-likeness (QED) is 0.843. The first-order valence-electron chi connectivity index (χ1n) is 6.78. The summed E-state index contributed by atoms with van der Waals surface area (Å²) in [6.07, 6.45) is 5.44. The molecule has 5 heteroatoms. The largest absolute Gasteiger partial charge is 0.392 e. The highest BCUT2D eigenvalue weighted by Crippen LogP contribution is 2.29. The molecule has 0 saturated heterocycles. The van der Waals surface area contributed by atoms with Crippen molar-refractivity contribution in [3.8, 4) is 0 Å². The van der Waals surface area contributed by atoms with Crippen LogP contribution in [-0.4, -0.2) is 28.5 Å². The maximum Gasteiger partial charge on any atom is 0.229 e. The van der Waals surface area contributed by atoms with Gasteiger partial charge in [-0.3, -0.25) is 0 Å². The third-order valence-electron chi connectivity index (χ3n) is 3.75. The monoisotopic (exact) mass is 254 g/mol. The van der Waals surface area contributed by atoms with Crippen molar-refractivity contribution in [2.24, 2.45) is 5.92 Å². The second-order valence-electron chi connectivity index (χ2n) is 4.99. The standard InChI is InChI=1S/C13H22N2O3/c1-3-11(17-2)13-14-12(18-15-13)8-10(16)9-6-4-5-7-9/h9-11,16H,3-8H2,1-2H3. The molecule has 0 radical (unpaired) electrons. The van der Waals surface area contributed by atoms with Gasteiger partial charge in [0.05, 0.1) is 12.5 Å². The molecule has 0 bridgehead atoms. The number of methoxy groups -OCH3 is 1. The fourth-order valence-electron chi connectivity index (χ4n) is 2.62. The van der Waals surface area contributed by atoms with Gasteiger partial charge >= 0.3 is 0 Å². The summed E-state index contributed by atoms with van der Waals surface area (Å²) in [6.45, 7) is 2.01. The normalized spacial score (nSPS) is 20.2. The van der Waals surface area contributed by atoms with E-state index in [1.807, 2.05) is 6.92 Å². The molecule has 2 unspecified atom stereocenters. The van der Waals surface area contributed by atoms with Crippen LogP contribution in [0.5, 0.6) is 0 Å². The zero-order valence-corrected chi connectivity index (χ0v) is 11.1. The van der Waals surface area contributed by atoms with Gasteiger partial charge in [0, 0.05) is 7.11 Å². The summed E-state index contributed by atoms with van der Waals surface area (Å²) < 4.78 is 10.4. The average Bonchev–Trinajstić information content (AvgIpc) is 3.01. The number of hydrogen-bond donors (Lipinski definition) is 1. The van der Waals surface area contributed by atoms with E-state index in [2.05, 4.69) is 10.1 Å². The highest BCUT2D eigenvalue weighted by atomic mass is 16.5. The van der Waals surface area contributed by atoms with Gasteiger partial charge in [-0.15, -0.1) is 0 Å². The molecule has 0 spiro atoms. The van der Waals surface area contributed by atoms with E-state index < -0.39 is 0 Å². The van der Waals surface area contributed by atoms with Crippen molar-refractivity contribution >= 4 is 0 Å². The molecular formula is C13H22N2O3. The van der Waals surface area contributed by atoms with E-state index in [1.165, 1.54) is 12.8 Å². The van der Waals surface area contributed by atoms with Crippen molar-refractivity contribution in [3.63, 3.8) is 0 Å². The Labute approximate surface area is 108 Å². The van der Waals surface area contributed by atoms with Gasteiger partial charge in [-0.1, -0.05) is 24.9 Å². The third kappa shape index (κ3) is 3.09. The maximum atomic E-state index is 10.1. The number of nitrogens with zero attached hydrogens (tertiary/aromatic N) is 2. The topological polar surface area (TPSA) is 68.4 Å². The van der Waals surface area contributed by atoms with Crippen molar-refractivity contribution in [3.05, 3.63) is 11.7 Å². The van der Waals surface area contributed by atoms with Gasteiger partial charge in [0.2, 0.25) is 11.7 Å². The molecular weight excluding hydrogens is 232 g/mol. The Balaban J connectivity index is 1.93. The number of ether oxygens (including phenoxy) is 1. The second-order valence-corrected chi connectivity index (χ2v) is 4.99.